The molecule has 2 aromatic carbocycles. The van der Waals surface area contributed by atoms with Gasteiger partial charge in [-0.05, 0) is 30.7 Å². The fourth-order valence-electron chi connectivity index (χ4n) is 2.35. The van der Waals surface area contributed by atoms with Crippen molar-refractivity contribution in [3.63, 3.8) is 0 Å². The molecule has 3 rings (SSSR count). The summed E-state index contributed by atoms with van der Waals surface area (Å²) >= 11 is 18.6. The van der Waals surface area contributed by atoms with Gasteiger partial charge in [-0.1, -0.05) is 65.1 Å². The Morgan fingerprint density at radius 1 is 0.913 bits per heavy atom. The molecule has 0 saturated heterocycles. The van der Waals surface area contributed by atoms with Crippen LogP contribution in [0.3, 0.4) is 0 Å². The van der Waals surface area contributed by atoms with Crippen molar-refractivity contribution in [1.29, 1.82) is 0 Å². The van der Waals surface area contributed by atoms with Crippen molar-refractivity contribution >= 4 is 34.8 Å². The zero-order valence-corrected chi connectivity index (χ0v) is 14.6. The molecule has 0 N–H and O–H groups in total. The van der Waals surface area contributed by atoms with E-state index in [-0.39, 0.29) is 0 Å². The van der Waals surface area contributed by atoms with E-state index in [0.29, 0.717) is 33.0 Å². The first-order valence-electron chi connectivity index (χ1n) is 7.07. The van der Waals surface area contributed by atoms with Gasteiger partial charge in [0, 0.05) is 28.3 Å². The molecule has 0 bridgehead atoms. The quantitative estimate of drug-likeness (QED) is 0.533. The third-order valence-corrected chi connectivity index (χ3v) is 4.42. The first-order valence-corrected chi connectivity index (χ1v) is 8.20. The Kier molecular flexibility index (Phi) is 4.86. The second kappa shape index (κ2) is 6.88. The smallest absolute Gasteiger partial charge is 0.162 e. The van der Waals surface area contributed by atoms with Gasteiger partial charge in [0.25, 0.3) is 0 Å². The highest BCUT2D eigenvalue weighted by atomic mass is 35.5. The molecule has 0 amide bonds. The van der Waals surface area contributed by atoms with E-state index < -0.39 is 0 Å². The molecule has 5 heteroatoms. The minimum Gasteiger partial charge on any atom is -0.233 e. The topological polar surface area (TPSA) is 25.8 Å². The van der Waals surface area contributed by atoms with E-state index in [1.165, 1.54) is 5.56 Å². The lowest BCUT2D eigenvalue weighted by molar-refractivity contribution is 1.02. The van der Waals surface area contributed by atoms with E-state index in [0.717, 1.165) is 11.3 Å². The molecule has 0 aliphatic carbocycles. The molecule has 23 heavy (non-hydrogen) atoms. The summed E-state index contributed by atoms with van der Waals surface area (Å²) in [5.74, 6) is 0.506. The molecule has 0 unspecified atom stereocenters. The van der Waals surface area contributed by atoms with Gasteiger partial charge in [0.05, 0.1) is 5.02 Å². The Balaban J connectivity index is 2.00. The Morgan fingerprint density at radius 2 is 1.65 bits per heavy atom. The first-order chi connectivity index (χ1) is 11.0. The van der Waals surface area contributed by atoms with E-state index in [9.17, 15) is 0 Å². The van der Waals surface area contributed by atoms with E-state index in [2.05, 4.69) is 22.1 Å². The fraction of sp³-hybridized carbons (Fsp3) is 0.111. The maximum absolute atomic E-state index is 6.40. The van der Waals surface area contributed by atoms with Crippen molar-refractivity contribution in [3.05, 3.63) is 80.6 Å². The van der Waals surface area contributed by atoms with Crippen LogP contribution >= 0.6 is 34.8 Å². The lowest BCUT2D eigenvalue weighted by Crippen LogP contribution is -2.01. The largest absolute Gasteiger partial charge is 0.233 e. The van der Waals surface area contributed by atoms with Crippen LogP contribution in [0, 0.1) is 6.92 Å². The molecule has 0 fully saturated rings. The zero-order valence-electron chi connectivity index (χ0n) is 12.4. The third kappa shape index (κ3) is 3.66. The van der Waals surface area contributed by atoms with Gasteiger partial charge in [0.2, 0.25) is 0 Å². The van der Waals surface area contributed by atoms with Crippen LogP contribution in [0.2, 0.25) is 15.2 Å². The molecule has 0 aliphatic rings. The second-order valence-electron chi connectivity index (χ2n) is 5.19. The lowest BCUT2D eigenvalue weighted by atomic mass is 10.1. The molecule has 0 radical (unpaired) electrons. The molecule has 0 atom stereocenters. The van der Waals surface area contributed by atoms with Gasteiger partial charge in [-0.25, -0.2) is 9.97 Å². The number of halogens is 3. The first kappa shape index (κ1) is 16.3. The monoisotopic (exact) mass is 362 g/mol. The standard InChI is InChI=1S/C18H13Cl3N2/c1-11-15(9-12-5-3-2-4-6-12)17(21)23-18(22-11)14-8-7-13(19)10-16(14)20/h2-8,10H,9H2,1H3. The van der Waals surface area contributed by atoms with Gasteiger partial charge in [-0.15, -0.1) is 0 Å². The van der Waals surface area contributed by atoms with Gasteiger partial charge in [-0.3, -0.25) is 0 Å². The van der Waals surface area contributed by atoms with Gasteiger partial charge in [0.1, 0.15) is 5.15 Å². The summed E-state index contributed by atoms with van der Waals surface area (Å²) in [6, 6.07) is 15.3. The highest BCUT2D eigenvalue weighted by molar-refractivity contribution is 6.36. The molecular formula is C18H13Cl3N2. The summed E-state index contributed by atoms with van der Waals surface area (Å²) in [5, 5.41) is 1.52. The van der Waals surface area contributed by atoms with Crippen molar-refractivity contribution in [2.24, 2.45) is 0 Å². The van der Waals surface area contributed by atoms with Crippen molar-refractivity contribution in [2.75, 3.05) is 0 Å². The van der Waals surface area contributed by atoms with Crippen LogP contribution in [-0.4, -0.2) is 9.97 Å². The Bertz CT molecular complexity index is 825. The molecular weight excluding hydrogens is 351 g/mol. The number of aryl methyl sites for hydroxylation is 1. The summed E-state index contributed by atoms with van der Waals surface area (Å²) < 4.78 is 0. The zero-order chi connectivity index (χ0) is 16.4. The highest BCUT2D eigenvalue weighted by Gasteiger charge is 2.14. The van der Waals surface area contributed by atoms with Crippen LogP contribution in [0.25, 0.3) is 11.4 Å². The maximum atomic E-state index is 6.40. The number of hydrogen-bond acceptors (Lipinski definition) is 2. The molecule has 0 aliphatic heterocycles. The minimum atomic E-state index is 0.447. The van der Waals surface area contributed by atoms with E-state index in [1.807, 2.05) is 25.1 Å². The average molecular weight is 364 g/mol. The number of hydrogen-bond donors (Lipinski definition) is 0. The predicted molar refractivity (Wildman–Crippen MR) is 96.5 cm³/mol. The van der Waals surface area contributed by atoms with E-state index in [4.69, 9.17) is 34.8 Å². The predicted octanol–water partition coefficient (Wildman–Crippen LogP) is 6.00. The Hall–Kier alpha value is -1.61. The fourth-order valence-corrected chi connectivity index (χ4v) is 3.13. The summed E-state index contributed by atoms with van der Waals surface area (Å²) in [6.45, 7) is 1.93. The van der Waals surface area contributed by atoms with Crippen LogP contribution in [0.15, 0.2) is 48.5 Å². The van der Waals surface area contributed by atoms with Crippen molar-refractivity contribution in [3.8, 4) is 11.4 Å². The maximum Gasteiger partial charge on any atom is 0.162 e. The minimum absolute atomic E-state index is 0.447. The normalized spacial score (nSPS) is 10.8. The van der Waals surface area contributed by atoms with Crippen molar-refractivity contribution < 1.29 is 0 Å². The molecule has 116 valence electrons. The molecule has 2 nitrogen and oxygen atoms in total. The molecule has 1 aromatic heterocycles. The molecule has 3 aromatic rings. The van der Waals surface area contributed by atoms with Crippen LogP contribution in [0.4, 0.5) is 0 Å². The van der Waals surface area contributed by atoms with E-state index in [1.54, 1.807) is 18.2 Å². The number of aromatic nitrogens is 2. The second-order valence-corrected chi connectivity index (χ2v) is 6.39. The molecule has 0 saturated carbocycles. The number of nitrogens with zero attached hydrogens (tertiary/aromatic N) is 2. The number of benzene rings is 2. The third-order valence-electron chi connectivity index (χ3n) is 3.56. The van der Waals surface area contributed by atoms with Crippen LogP contribution in [0.5, 0.6) is 0 Å². The summed E-state index contributed by atoms with van der Waals surface area (Å²) in [4.78, 5) is 8.99. The summed E-state index contributed by atoms with van der Waals surface area (Å²) in [7, 11) is 0. The molecule has 1 heterocycles. The van der Waals surface area contributed by atoms with Crippen molar-refractivity contribution in [1.82, 2.24) is 9.97 Å². The number of rotatable bonds is 3. The van der Waals surface area contributed by atoms with Gasteiger partial charge in [-0.2, -0.15) is 0 Å². The highest BCUT2D eigenvalue weighted by Crippen LogP contribution is 2.30. The lowest BCUT2D eigenvalue weighted by Gasteiger charge is -2.11. The van der Waals surface area contributed by atoms with Crippen LogP contribution in [-0.2, 0) is 6.42 Å². The Morgan fingerprint density at radius 3 is 2.30 bits per heavy atom. The van der Waals surface area contributed by atoms with Crippen molar-refractivity contribution in [2.45, 2.75) is 13.3 Å². The van der Waals surface area contributed by atoms with Crippen LogP contribution < -0.4 is 0 Å². The van der Waals surface area contributed by atoms with Gasteiger partial charge < -0.3 is 0 Å². The average Bonchev–Trinajstić information content (AvgIpc) is 2.52. The SMILES string of the molecule is Cc1nc(-c2ccc(Cl)cc2Cl)nc(Cl)c1Cc1ccccc1. The molecule has 0 spiro atoms. The summed E-state index contributed by atoms with van der Waals surface area (Å²) in [6.07, 6.45) is 0.695. The van der Waals surface area contributed by atoms with Gasteiger partial charge in [0.15, 0.2) is 5.82 Å². The Labute approximate surface area is 150 Å². The van der Waals surface area contributed by atoms with E-state index >= 15 is 0 Å². The van der Waals surface area contributed by atoms with Gasteiger partial charge >= 0.3 is 0 Å². The van der Waals surface area contributed by atoms with Crippen LogP contribution in [0.1, 0.15) is 16.8 Å². The summed E-state index contributed by atoms with van der Waals surface area (Å²) in [5.41, 5.74) is 3.65.